The molecule has 17 nitrogen and oxygen atoms in total. The van der Waals surface area contributed by atoms with Gasteiger partial charge in [0.2, 0.25) is 41.4 Å². The molecule has 0 heterocycles. The van der Waals surface area contributed by atoms with Crippen LogP contribution in [0.2, 0.25) is 0 Å². The number of carboxylic acids is 1. The molecule has 5 rings (SSSR count). The topological polar surface area (TPSA) is 253 Å². The number of benzene rings is 1. The zero-order valence-corrected chi connectivity index (χ0v) is 50.2. The number of carboxylic acid groups (broad SMARTS) is 1. The van der Waals surface area contributed by atoms with Crippen LogP contribution in [0.4, 0.5) is 0 Å². The van der Waals surface area contributed by atoms with Gasteiger partial charge in [0.1, 0.15) is 12.1 Å². The van der Waals surface area contributed by atoms with Crippen LogP contribution in [0.1, 0.15) is 196 Å². The maximum atomic E-state index is 12.6. The summed E-state index contributed by atoms with van der Waals surface area (Å²) in [5.74, 6) is 2.05. The summed E-state index contributed by atoms with van der Waals surface area (Å²) >= 11 is 0. The molecule has 17 heteroatoms. The van der Waals surface area contributed by atoms with Gasteiger partial charge in [-0.15, -0.1) is 0 Å². The SMILES string of the molecule is CC(=O)NCCC(=O)NCCC(=O)NCCC(=O)NCCC(=O)NCCCCC(=O)N[C@H](Cc1ccccc1)C(=O)N[C@H](C)C(=O)O.CCCCCN[C@H]1CCC2(C)C(=CC[C@@H]3C2CCC2(C)C([C@H](C)CCCC(C)C)CC[C@@H]32)C1. The fraction of sp³-hybridized carbons (Fsp3) is 0.746. The summed E-state index contributed by atoms with van der Waals surface area (Å²) in [5, 5.41) is 31.0. The lowest BCUT2D eigenvalue weighted by Crippen LogP contribution is -2.51. The minimum atomic E-state index is -1.19. The quantitative estimate of drug-likeness (QED) is 0.0244. The van der Waals surface area contributed by atoms with Gasteiger partial charge in [-0.3, -0.25) is 38.4 Å². The van der Waals surface area contributed by atoms with Gasteiger partial charge in [-0.1, -0.05) is 116 Å². The molecule has 3 saturated carbocycles. The van der Waals surface area contributed by atoms with E-state index in [1.807, 2.05) is 11.6 Å². The molecule has 0 aliphatic heterocycles. The van der Waals surface area contributed by atoms with Crippen molar-refractivity contribution in [3.05, 3.63) is 47.5 Å². The van der Waals surface area contributed by atoms with Crippen molar-refractivity contribution in [2.24, 2.45) is 46.3 Å². The molecule has 80 heavy (non-hydrogen) atoms. The number of hydrogen-bond acceptors (Lipinski definition) is 9. The Kier molecular flexibility index (Phi) is 29.3. The van der Waals surface area contributed by atoms with Crippen LogP contribution in [0.15, 0.2) is 42.0 Å². The molecule has 10 atom stereocenters. The van der Waals surface area contributed by atoms with E-state index < -0.39 is 24.0 Å². The molecule has 0 spiro atoms. The van der Waals surface area contributed by atoms with Crippen molar-refractivity contribution < 1.29 is 43.5 Å². The first-order chi connectivity index (χ1) is 38.2. The van der Waals surface area contributed by atoms with Crippen molar-refractivity contribution in [2.75, 3.05) is 39.3 Å². The number of hydrogen-bond donors (Lipinski definition) is 9. The Hall–Kier alpha value is -5.32. The fourth-order valence-electron chi connectivity index (χ4n) is 13.5. The Balaban J connectivity index is 0.000000364. The van der Waals surface area contributed by atoms with Crippen LogP contribution in [0.5, 0.6) is 0 Å². The smallest absolute Gasteiger partial charge is 0.325 e. The fourth-order valence-corrected chi connectivity index (χ4v) is 13.5. The normalized spacial score (nSPS) is 23.9. The number of aliphatic carboxylic acids is 1. The van der Waals surface area contributed by atoms with Crippen LogP contribution in [0, 0.1) is 46.3 Å². The minimum absolute atomic E-state index is 0.0188. The summed E-state index contributed by atoms with van der Waals surface area (Å²) in [6.45, 7) is 19.9. The third-order valence-electron chi connectivity index (χ3n) is 18.1. The van der Waals surface area contributed by atoms with Gasteiger partial charge in [-0.2, -0.15) is 0 Å². The summed E-state index contributed by atoms with van der Waals surface area (Å²) in [5.41, 5.74) is 3.78. The Morgan fingerprint density at radius 3 is 1.81 bits per heavy atom. The van der Waals surface area contributed by atoms with Crippen molar-refractivity contribution in [2.45, 2.75) is 215 Å². The number of rotatable bonds is 33. The van der Waals surface area contributed by atoms with E-state index in [4.69, 9.17) is 5.11 Å². The van der Waals surface area contributed by atoms with E-state index in [1.165, 1.54) is 110 Å². The average molecular weight is 1120 g/mol. The molecule has 4 aliphatic rings. The number of fused-ring (bicyclic) bond motifs is 5. The van der Waals surface area contributed by atoms with Crippen LogP contribution in [-0.2, 0) is 44.8 Å². The highest BCUT2D eigenvalue weighted by Gasteiger charge is 2.59. The highest BCUT2D eigenvalue weighted by Crippen LogP contribution is 2.67. The van der Waals surface area contributed by atoms with E-state index in [2.05, 4.69) is 90.2 Å². The molecule has 1 aromatic carbocycles. The summed E-state index contributed by atoms with van der Waals surface area (Å²) in [6.07, 6.45) is 24.2. The zero-order chi connectivity index (χ0) is 58.7. The molecule has 4 aliphatic carbocycles. The molecule has 1 aromatic rings. The van der Waals surface area contributed by atoms with Crippen molar-refractivity contribution in [1.29, 1.82) is 0 Å². The van der Waals surface area contributed by atoms with Gasteiger partial charge in [0.15, 0.2) is 0 Å². The summed E-state index contributed by atoms with van der Waals surface area (Å²) < 4.78 is 0. The highest BCUT2D eigenvalue weighted by molar-refractivity contribution is 5.90. The van der Waals surface area contributed by atoms with E-state index in [0.29, 0.717) is 30.2 Å². The number of nitrogens with one attached hydrogen (secondary N) is 8. The minimum Gasteiger partial charge on any atom is -0.480 e. The van der Waals surface area contributed by atoms with Crippen molar-refractivity contribution >= 4 is 47.3 Å². The largest absolute Gasteiger partial charge is 0.480 e. The van der Waals surface area contributed by atoms with Crippen molar-refractivity contribution in [1.82, 2.24) is 42.5 Å². The molecule has 450 valence electrons. The van der Waals surface area contributed by atoms with Gasteiger partial charge in [-0.25, -0.2) is 0 Å². The first-order valence-corrected chi connectivity index (χ1v) is 30.8. The Morgan fingerprint density at radius 2 is 1.23 bits per heavy atom. The van der Waals surface area contributed by atoms with Crippen LogP contribution < -0.4 is 42.5 Å². The standard InChI is InChI=1S/C32H57N.C31H47N7O9/c1-7-8-9-21-33-26-17-19-31(5)25(22-26)13-14-27-29-16-15-28(24(4)12-10-11-23(2)3)32(29,6)20-18-30(27)31;1-21(31(46)47)37-30(45)24(20-23-8-4-3-5-9-23)38-29(44)10-6-7-15-33-25(40)12-17-35-27(42)14-19-36-28(43)13-18-34-26(41)11-16-32-22(2)39/h13,23-24,26-30,33H,7-12,14-22H2,1-6H3;3-5,8-9,21,24H,6-7,10-20H2,1-2H3,(H,32,39)(H,33,40)(H,34,41)(H,35,42)(H,36,43)(H,37,45)(H,38,44)(H,46,47)/t24-,26+,27+,28?,29+,30?,31?,32?;21-,24-/m11/s1. The Bertz CT molecular complexity index is 2170. The predicted molar refractivity (Wildman–Crippen MR) is 315 cm³/mol. The molecular weight excluding hydrogens is 1010 g/mol. The van der Waals surface area contributed by atoms with Crippen molar-refractivity contribution in [3.8, 4) is 0 Å². The van der Waals surface area contributed by atoms with Crippen LogP contribution in [-0.4, -0.2) is 110 Å². The Morgan fingerprint density at radius 1 is 0.625 bits per heavy atom. The van der Waals surface area contributed by atoms with Crippen LogP contribution >= 0.6 is 0 Å². The third-order valence-corrected chi connectivity index (χ3v) is 18.1. The lowest BCUT2D eigenvalue weighted by atomic mass is 9.47. The number of carbonyl (C=O) groups excluding carboxylic acids is 7. The maximum Gasteiger partial charge on any atom is 0.325 e. The molecular formula is C63H104N8O9. The van der Waals surface area contributed by atoms with Gasteiger partial charge in [-0.05, 0) is 136 Å². The van der Waals surface area contributed by atoms with Gasteiger partial charge in [0, 0.05) is 84.2 Å². The van der Waals surface area contributed by atoms with E-state index in [-0.39, 0.29) is 100 Å². The number of unbranched alkanes of at least 4 members (excludes halogenated alkanes) is 3. The lowest BCUT2D eigenvalue weighted by Gasteiger charge is -2.58. The molecule has 0 aromatic heterocycles. The third kappa shape index (κ3) is 22.6. The highest BCUT2D eigenvalue weighted by atomic mass is 16.4. The van der Waals surface area contributed by atoms with Crippen molar-refractivity contribution in [3.63, 3.8) is 0 Å². The molecule has 7 amide bonds. The number of amides is 7. The van der Waals surface area contributed by atoms with Gasteiger partial charge < -0.3 is 47.6 Å². The predicted octanol–water partition coefficient (Wildman–Crippen LogP) is 7.81. The lowest BCUT2D eigenvalue weighted by molar-refractivity contribution is -0.141. The zero-order valence-electron chi connectivity index (χ0n) is 50.2. The number of allylic oxidation sites excluding steroid dienone is 1. The first kappa shape index (κ1) is 67.2. The van der Waals surface area contributed by atoms with E-state index in [9.17, 15) is 38.4 Å². The van der Waals surface area contributed by atoms with Gasteiger partial charge >= 0.3 is 5.97 Å². The Labute approximate surface area is 479 Å². The monoisotopic (exact) mass is 1120 g/mol. The van der Waals surface area contributed by atoms with Crippen LogP contribution in [0.25, 0.3) is 0 Å². The molecule has 0 radical (unpaired) electrons. The summed E-state index contributed by atoms with van der Waals surface area (Å²) in [7, 11) is 0. The van der Waals surface area contributed by atoms with E-state index in [0.717, 1.165) is 47.1 Å². The van der Waals surface area contributed by atoms with Crippen LogP contribution in [0.3, 0.4) is 0 Å². The molecule has 0 saturated heterocycles. The molecule has 9 N–H and O–H groups in total. The summed E-state index contributed by atoms with van der Waals surface area (Å²) in [4.78, 5) is 94.5. The summed E-state index contributed by atoms with van der Waals surface area (Å²) in [6, 6.07) is 7.69. The molecule has 4 unspecified atom stereocenters. The molecule has 3 fully saturated rings. The second-order valence-electron chi connectivity index (χ2n) is 24.6. The van der Waals surface area contributed by atoms with Gasteiger partial charge in [0.25, 0.3) is 0 Å². The maximum absolute atomic E-state index is 12.6. The number of carbonyl (C=O) groups is 8. The first-order valence-electron chi connectivity index (χ1n) is 30.8. The average Bonchev–Trinajstić information content (AvgIpc) is 4.00. The van der Waals surface area contributed by atoms with E-state index >= 15 is 0 Å². The van der Waals surface area contributed by atoms with E-state index in [1.54, 1.807) is 24.3 Å². The second-order valence-corrected chi connectivity index (χ2v) is 24.6. The second kappa shape index (κ2) is 34.8. The van der Waals surface area contributed by atoms with Gasteiger partial charge in [0.05, 0.1) is 0 Å². The molecule has 0 bridgehead atoms.